The van der Waals surface area contributed by atoms with Crippen molar-refractivity contribution in [1.82, 2.24) is 0 Å². The fourth-order valence-electron chi connectivity index (χ4n) is 2.72. The van der Waals surface area contributed by atoms with E-state index in [-0.39, 0.29) is 6.42 Å². The van der Waals surface area contributed by atoms with Gasteiger partial charge in [-0.3, -0.25) is 9.59 Å². The van der Waals surface area contributed by atoms with E-state index in [0.29, 0.717) is 11.1 Å². The lowest BCUT2D eigenvalue weighted by Crippen LogP contribution is -2.49. The van der Waals surface area contributed by atoms with Gasteiger partial charge in [-0.1, -0.05) is 67.6 Å². The summed E-state index contributed by atoms with van der Waals surface area (Å²) in [5, 5.41) is 9.47. The molecule has 0 aromatic heterocycles. The Labute approximate surface area is 146 Å². The van der Waals surface area contributed by atoms with Gasteiger partial charge in [-0.2, -0.15) is 0 Å². The van der Waals surface area contributed by atoms with Gasteiger partial charge in [-0.15, -0.1) is 0 Å². The molecular weight excluding hydrogens is 320 g/mol. The van der Waals surface area contributed by atoms with E-state index < -0.39 is 29.2 Å². The first kappa shape index (κ1) is 18.4. The van der Waals surface area contributed by atoms with Gasteiger partial charge in [0.25, 0.3) is 5.60 Å². The van der Waals surface area contributed by atoms with Gasteiger partial charge in [-0.25, -0.2) is 4.79 Å². The number of Topliss-reactive ketones (excluding diaryl/α,β-unsaturated/α-hetero) is 1. The number of ether oxygens (including phenoxy) is 1. The molecule has 2 aromatic carbocycles. The number of hydrogen-bond donors (Lipinski definition) is 1. The molecule has 0 amide bonds. The Bertz CT molecular complexity index is 699. The smallest absolute Gasteiger partial charge is 0.356 e. The molecule has 1 N–H and O–H groups in total. The maximum absolute atomic E-state index is 12.9. The monoisotopic (exact) mass is 340 g/mol. The van der Waals surface area contributed by atoms with Crippen LogP contribution in [-0.2, 0) is 19.1 Å². The maximum Gasteiger partial charge on any atom is 0.356 e. The maximum atomic E-state index is 12.9. The first-order valence-corrected chi connectivity index (χ1v) is 7.99. The molecule has 25 heavy (non-hydrogen) atoms. The summed E-state index contributed by atoms with van der Waals surface area (Å²) in [6, 6.07) is 17.8. The van der Waals surface area contributed by atoms with E-state index in [9.17, 15) is 19.5 Å². The van der Waals surface area contributed by atoms with E-state index in [4.69, 9.17) is 4.74 Å². The molecule has 0 radical (unpaired) electrons. The van der Waals surface area contributed by atoms with Crippen molar-refractivity contribution in [2.45, 2.75) is 31.8 Å². The average Bonchev–Trinajstić information content (AvgIpc) is 2.61. The topological polar surface area (TPSA) is 80.7 Å². The van der Waals surface area contributed by atoms with E-state index in [2.05, 4.69) is 0 Å². The van der Waals surface area contributed by atoms with Crippen molar-refractivity contribution in [3.63, 3.8) is 0 Å². The van der Waals surface area contributed by atoms with Crippen LogP contribution in [0, 0.1) is 0 Å². The zero-order valence-electron chi connectivity index (χ0n) is 14.1. The third-order valence-corrected chi connectivity index (χ3v) is 4.19. The summed E-state index contributed by atoms with van der Waals surface area (Å²) in [6.45, 7) is 2.62. The third-order valence-electron chi connectivity index (χ3n) is 4.19. The quantitative estimate of drug-likeness (QED) is 0.618. The lowest BCUT2D eigenvalue weighted by Gasteiger charge is -2.28. The number of benzene rings is 2. The summed E-state index contributed by atoms with van der Waals surface area (Å²) in [7, 11) is 0. The van der Waals surface area contributed by atoms with Gasteiger partial charge < -0.3 is 9.84 Å². The van der Waals surface area contributed by atoms with Gasteiger partial charge >= 0.3 is 11.9 Å². The number of carboxylic acid groups (broad SMARTS) is 1. The molecule has 0 bridgehead atoms. The second kappa shape index (κ2) is 7.75. The van der Waals surface area contributed by atoms with Crippen LogP contribution in [-0.4, -0.2) is 28.4 Å². The molecule has 0 saturated carbocycles. The minimum absolute atomic E-state index is 0.139. The van der Waals surface area contributed by atoms with Gasteiger partial charge in [0.05, 0.1) is 0 Å². The van der Waals surface area contributed by atoms with Crippen molar-refractivity contribution in [3.05, 3.63) is 71.8 Å². The lowest BCUT2D eigenvalue weighted by atomic mass is 9.90. The highest BCUT2D eigenvalue weighted by molar-refractivity contribution is 6.07. The van der Waals surface area contributed by atoms with E-state index in [1.807, 2.05) is 12.1 Å². The van der Waals surface area contributed by atoms with Gasteiger partial charge in [-0.05, 0) is 18.1 Å². The predicted octanol–water partition coefficient (Wildman–Crippen LogP) is 3.18. The summed E-state index contributed by atoms with van der Waals surface area (Å²) < 4.78 is 5.29. The minimum atomic E-state index is -2.17. The second-order valence-electron chi connectivity index (χ2n) is 5.72. The average molecular weight is 340 g/mol. The van der Waals surface area contributed by atoms with Crippen LogP contribution in [0.4, 0.5) is 0 Å². The Morgan fingerprint density at radius 3 is 1.72 bits per heavy atom. The molecule has 0 heterocycles. The zero-order chi connectivity index (χ0) is 18.4. The number of aliphatic carboxylic acids is 1. The number of carbonyl (C=O) groups is 3. The lowest BCUT2D eigenvalue weighted by molar-refractivity contribution is -0.182. The van der Waals surface area contributed by atoms with Crippen molar-refractivity contribution < 1.29 is 24.2 Å². The zero-order valence-corrected chi connectivity index (χ0v) is 14.1. The van der Waals surface area contributed by atoms with Crippen LogP contribution in [0.2, 0.25) is 0 Å². The molecular formula is C20H20O5. The molecule has 0 aliphatic rings. The number of carboxylic acids is 1. The van der Waals surface area contributed by atoms with Crippen LogP contribution in [0.3, 0.4) is 0 Å². The fraction of sp³-hybridized carbons (Fsp3) is 0.250. The van der Waals surface area contributed by atoms with Crippen molar-refractivity contribution in [3.8, 4) is 0 Å². The Balaban J connectivity index is 2.46. The van der Waals surface area contributed by atoms with Gasteiger partial charge in [0.2, 0.25) is 0 Å². The summed E-state index contributed by atoms with van der Waals surface area (Å²) in [5.74, 6) is -3.75. The molecule has 5 heteroatoms. The molecule has 1 unspecified atom stereocenters. The standard InChI is InChI=1S/C20H20O5/c1-3-20(14(2)21,19(23)24)25-18(22)17(15-10-6-4-7-11-15)16-12-8-5-9-13-16/h4-13,17H,3H2,1-2H3,(H,23,24). The van der Waals surface area contributed by atoms with Gasteiger partial charge in [0, 0.05) is 6.42 Å². The fourth-order valence-corrected chi connectivity index (χ4v) is 2.72. The molecule has 130 valence electrons. The first-order chi connectivity index (χ1) is 11.9. The van der Waals surface area contributed by atoms with E-state index in [1.165, 1.54) is 6.92 Å². The van der Waals surface area contributed by atoms with E-state index in [1.54, 1.807) is 48.5 Å². The Morgan fingerprint density at radius 2 is 1.40 bits per heavy atom. The van der Waals surface area contributed by atoms with Crippen molar-refractivity contribution in [2.75, 3.05) is 0 Å². The Morgan fingerprint density at radius 1 is 0.960 bits per heavy atom. The Hall–Kier alpha value is -2.95. The van der Waals surface area contributed by atoms with E-state index in [0.717, 1.165) is 6.92 Å². The molecule has 0 aliphatic heterocycles. The minimum Gasteiger partial charge on any atom is -0.478 e. The van der Waals surface area contributed by atoms with Gasteiger partial charge in [0.15, 0.2) is 5.78 Å². The molecule has 1 atom stereocenters. The van der Waals surface area contributed by atoms with Crippen molar-refractivity contribution >= 4 is 17.7 Å². The summed E-state index contributed by atoms with van der Waals surface area (Å²) in [4.78, 5) is 36.4. The van der Waals surface area contributed by atoms with Crippen LogP contribution < -0.4 is 0 Å². The highest BCUT2D eigenvalue weighted by atomic mass is 16.6. The predicted molar refractivity (Wildman–Crippen MR) is 92.2 cm³/mol. The summed E-state index contributed by atoms with van der Waals surface area (Å²) >= 11 is 0. The van der Waals surface area contributed by atoms with Crippen LogP contribution >= 0.6 is 0 Å². The Kier molecular flexibility index (Phi) is 5.70. The molecule has 2 rings (SSSR count). The highest BCUT2D eigenvalue weighted by Gasteiger charge is 2.47. The van der Waals surface area contributed by atoms with E-state index >= 15 is 0 Å². The third kappa shape index (κ3) is 3.76. The number of carbonyl (C=O) groups excluding carboxylic acids is 2. The molecule has 0 saturated heterocycles. The first-order valence-electron chi connectivity index (χ1n) is 7.99. The molecule has 5 nitrogen and oxygen atoms in total. The normalized spacial score (nSPS) is 13.1. The highest BCUT2D eigenvalue weighted by Crippen LogP contribution is 2.29. The van der Waals surface area contributed by atoms with Crippen LogP contribution in [0.15, 0.2) is 60.7 Å². The van der Waals surface area contributed by atoms with Crippen molar-refractivity contribution in [1.29, 1.82) is 0 Å². The number of ketones is 1. The number of rotatable bonds is 7. The van der Waals surface area contributed by atoms with Crippen LogP contribution in [0.25, 0.3) is 0 Å². The summed E-state index contributed by atoms with van der Waals surface area (Å²) in [6.07, 6.45) is -0.139. The molecule has 2 aromatic rings. The SMILES string of the molecule is CCC(OC(=O)C(c1ccccc1)c1ccccc1)(C(C)=O)C(=O)O. The number of esters is 1. The van der Waals surface area contributed by atoms with Crippen LogP contribution in [0.5, 0.6) is 0 Å². The van der Waals surface area contributed by atoms with Crippen LogP contribution in [0.1, 0.15) is 37.3 Å². The summed E-state index contributed by atoms with van der Waals surface area (Å²) in [5.41, 5.74) is -0.839. The molecule has 0 fully saturated rings. The van der Waals surface area contributed by atoms with Crippen molar-refractivity contribution in [2.24, 2.45) is 0 Å². The molecule has 0 spiro atoms. The second-order valence-corrected chi connectivity index (χ2v) is 5.72. The largest absolute Gasteiger partial charge is 0.478 e. The molecule has 0 aliphatic carbocycles. The van der Waals surface area contributed by atoms with Gasteiger partial charge in [0.1, 0.15) is 5.92 Å². The number of hydrogen-bond acceptors (Lipinski definition) is 4.